The normalized spacial score (nSPS) is 27.0. The van der Waals surface area contributed by atoms with E-state index in [1.54, 1.807) is 0 Å². The molecule has 0 aliphatic heterocycles. The molecule has 1 aromatic rings. The van der Waals surface area contributed by atoms with Gasteiger partial charge in [-0.1, -0.05) is 37.1 Å². The molecular weight excluding hydrogens is 220 g/mol. The van der Waals surface area contributed by atoms with Crippen molar-refractivity contribution in [1.29, 1.82) is 0 Å². The van der Waals surface area contributed by atoms with Crippen LogP contribution in [0.2, 0.25) is 5.02 Å². The topological polar surface area (TPSA) is 20.2 Å². The molecule has 0 radical (unpaired) electrons. The highest BCUT2D eigenvalue weighted by Gasteiger charge is 2.28. The Morgan fingerprint density at radius 3 is 2.69 bits per heavy atom. The van der Waals surface area contributed by atoms with Crippen LogP contribution >= 0.6 is 11.6 Å². The van der Waals surface area contributed by atoms with E-state index in [1.807, 2.05) is 25.1 Å². The van der Waals surface area contributed by atoms with Gasteiger partial charge < -0.3 is 5.11 Å². The van der Waals surface area contributed by atoms with Gasteiger partial charge in [-0.15, -0.1) is 0 Å². The van der Waals surface area contributed by atoms with Crippen molar-refractivity contribution in [3.8, 4) is 0 Å². The van der Waals surface area contributed by atoms with Crippen molar-refractivity contribution in [2.45, 2.75) is 39.2 Å². The van der Waals surface area contributed by atoms with E-state index in [0.717, 1.165) is 34.9 Å². The molecule has 1 nitrogen and oxygen atoms in total. The highest BCUT2D eigenvalue weighted by molar-refractivity contribution is 6.31. The second-order valence-corrected chi connectivity index (χ2v) is 5.54. The summed E-state index contributed by atoms with van der Waals surface area (Å²) < 4.78 is 0. The number of benzene rings is 1. The lowest BCUT2D eigenvalue weighted by atomic mass is 9.93. The van der Waals surface area contributed by atoms with E-state index in [0.29, 0.717) is 5.92 Å². The van der Waals surface area contributed by atoms with Crippen LogP contribution in [0.5, 0.6) is 0 Å². The molecule has 0 spiro atoms. The largest absolute Gasteiger partial charge is 0.388 e. The van der Waals surface area contributed by atoms with Crippen LogP contribution in [-0.2, 0) is 0 Å². The minimum atomic E-state index is -0.344. The quantitative estimate of drug-likeness (QED) is 0.822. The van der Waals surface area contributed by atoms with Crippen molar-refractivity contribution in [3.63, 3.8) is 0 Å². The first-order valence-electron chi connectivity index (χ1n) is 6.02. The molecule has 16 heavy (non-hydrogen) atoms. The molecule has 0 bridgehead atoms. The van der Waals surface area contributed by atoms with E-state index in [4.69, 9.17) is 11.6 Å². The Balaban J connectivity index is 2.14. The fourth-order valence-electron chi connectivity index (χ4n) is 2.60. The molecule has 3 atom stereocenters. The second kappa shape index (κ2) is 4.77. The molecule has 1 aromatic carbocycles. The number of aryl methyl sites for hydroxylation is 1. The summed E-state index contributed by atoms with van der Waals surface area (Å²) in [7, 11) is 0. The third kappa shape index (κ3) is 2.41. The van der Waals surface area contributed by atoms with Crippen molar-refractivity contribution in [2.24, 2.45) is 11.8 Å². The van der Waals surface area contributed by atoms with Gasteiger partial charge in [0, 0.05) is 5.02 Å². The van der Waals surface area contributed by atoms with Gasteiger partial charge >= 0.3 is 0 Å². The Labute approximate surface area is 102 Å². The molecule has 88 valence electrons. The Morgan fingerprint density at radius 2 is 2.12 bits per heavy atom. The number of hydrogen-bond donors (Lipinski definition) is 1. The molecule has 3 unspecified atom stereocenters. The standard InChI is InChI=1S/C14H19ClO/c1-9-3-5-11(7-9)14(16)12-6-4-10(2)13(15)8-12/h4,6,8-9,11,14,16H,3,5,7H2,1-2H3. The van der Waals surface area contributed by atoms with Gasteiger partial charge in [-0.2, -0.15) is 0 Å². The smallest absolute Gasteiger partial charge is 0.0818 e. The lowest BCUT2D eigenvalue weighted by Crippen LogP contribution is -2.09. The first-order chi connectivity index (χ1) is 7.58. The van der Waals surface area contributed by atoms with Crippen LogP contribution in [0.25, 0.3) is 0 Å². The highest BCUT2D eigenvalue weighted by atomic mass is 35.5. The predicted molar refractivity (Wildman–Crippen MR) is 67.7 cm³/mol. The Bertz CT molecular complexity index is 375. The van der Waals surface area contributed by atoms with Crippen molar-refractivity contribution in [2.75, 3.05) is 0 Å². The van der Waals surface area contributed by atoms with Gasteiger partial charge in [-0.3, -0.25) is 0 Å². The van der Waals surface area contributed by atoms with Crippen molar-refractivity contribution in [3.05, 3.63) is 34.3 Å². The first kappa shape index (κ1) is 11.9. The second-order valence-electron chi connectivity index (χ2n) is 5.13. The minimum absolute atomic E-state index is 0.344. The number of hydrogen-bond acceptors (Lipinski definition) is 1. The van der Waals surface area contributed by atoms with Crippen molar-refractivity contribution in [1.82, 2.24) is 0 Å². The average Bonchev–Trinajstić information content (AvgIpc) is 2.68. The molecule has 0 amide bonds. The lowest BCUT2D eigenvalue weighted by molar-refractivity contribution is 0.109. The molecule has 2 heteroatoms. The maximum absolute atomic E-state index is 10.3. The van der Waals surface area contributed by atoms with Crippen molar-refractivity contribution < 1.29 is 5.11 Å². The summed E-state index contributed by atoms with van der Waals surface area (Å²) in [5.74, 6) is 1.16. The SMILES string of the molecule is Cc1ccc(C(O)C2CCC(C)C2)cc1Cl. The first-order valence-corrected chi connectivity index (χ1v) is 6.40. The van der Waals surface area contributed by atoms with Crippen LogP contribution < -0.4 is 0 Å². The Hall–Kier alpha value is -0.530. The van der Waals surface area contributed by atoms with Crippen LogP contribution in [0.3, 0.4) is 0 Å². The predicted octanol–water partition coefficient (Wildman–Crippen LogP) is 4.12. The molecule has 1 fully saturated rings. The summed E-state index contributed by atoms with van der Waals surface area (Å²) in [6, 6.07) is 5.89. The Kier molecular flexibility index (Phi) is 3.56. The van der Waals surface area contributed by atoms with Crippen LogP contribution in [0, 0.1) is 18.8 Å². The average molecular weight is 239 g/mol. The molecule has 0 saturated heterocycles. The fraction of sp³-hybridized carbons (Fsp3) is 0.571. The van der Waals surface area contributed by atoms with Gasteiger partial charge in [-0.05, 0) is 48.8 Å². The molecule has 0 aromatic heterocycles. The van der Waals surface area contributed by atoms with Crippen LogP contribution in [-0.4, -0.2) is 5.11 Å². The number of aliphatic hydroxyl groups excluding tert-OH is 1. The summed E-state index contributed by atoms with van der Waals surface area (Å²) in [5, 5.41) is 11.0. The molecule has 0 heterocycles. The molecule has 1 aliphatic rings. The van der Waals surface area contributed by atoms with E-state index in [2.05, 4.69) is 6.92 Å². The maximum atomic E-state index is 10.3. The van der Waals surface area contributed by atoms with Gasteiger partial charge in [0.1, 0.15) is 0 Å². The fourth-order valence-corrected chi connectivity index (χ4v) is 2.79. The van der Waals surface area contributed by atoms with Gasteiger partial charge in [0.2, 0.25) is 0 Å². The number of aliphatic hydroxyl groups is 1. The lowest BCUT2D eigenvalue weighted by Gasteiger charge is -2.19. The number of rotatable bonds is 2. The van der Waals surface area contributed by atoms with Crippen molar-refractivity contribution >= 4 is 11.6 Å². The van der Waals surface area contributed by atoms with E-state index < -0.39 is 0 Å². The molecule has 2 rings (SSSR count). The van der Waals surface area contributed by atoms with Gasteiger partial charge in [0.05, 0.1) is 6.10 Å². The van der Waals surface area contributed by atoms with E-state index >= 15 is 0 Å². The summed E-state index contributed by atoms with van der Waals surface area (Å²) in [4.78, 5) is 0. The zero-order valence-corrected chi connectivity index (χ0v) is 10.7. The molecule has 1 saturated carbocycles. The summed E-state index contributed by atoms with van der Waals surface area (Å²) in [5.41, 5.74) is 2.03. The zero-order valence-electron chi connectivity index (χ0n) is 9.91. The highest BCUT2D eigenvalue weighted by Crippen LogP contribution is 2.39. The monoisotopic (exact) mass is 238 g/mol. The third-order valence-electron chi connectivity index (χ3n) is 3.72. The minimum Gasteiger partial charge on any atom is -0.388 e. The molecular formula is C14H19ClO. The summed E-state index contributed by atoms with van der Waals surface area (Å²) in [6.07, 6.45) is 3.16. The number of halogens is 1. The van der Waals surface area contributed by atoms with Crippen LogP contribution in [0.4, 0.5) is 0 Å². The van der Waals surface area contributed by atoms with Gasteiger partial charge in [0.15, 0.2) is 0 Å². The molecule has 1 aliphatic carbocycles. The maximum Gasteiger partial charge on any atom is 0.0818 e. The molecule has 1 N–H and O–H groups in total. The van der Waals surface area contributed by atoms with Crippen LogP contribution in [0.15, 0.2) is 18.2 Å². The van der Waals surface area contributed by atoms with Gasteiger partial charge in [0.25, 0.3) is 0 Å². The van der Waals surface area contributed by atoms with E-state index in [9.17, 15) is 5.11 Å². The van der Waals surface area contributed by atoms with E-state index in [-0.39, 0.29) is 6.10 Å². The van der Waals surface area contributed by atoms with Gasteiger partial charge in [-0.25, -0.2) is 0 Å². The summed E-state index contributed by atoms with van der Waals surface area (Å²) >= 11 is 6.08. The Morgan fingerprint density at radius 1 is 1.38 bits per heavy atom. The van der Waals surface area contributed by atoms with E-state index in [1.165, 1.54) is 6.42 Å². The summed E-state index contributed by atoms with van der Waals surface area (Å²) in [6.45, 7) is 4.24. The third-order valence-corrected chi connectivity index (χ3v) is 4.13. The van der Waals surface area contributed by atoms with Crippen LogP contribution in [0.1, 0.15) is 43.4 Å². The zero-order chi connectivity index (χ0) is 11.7.